The van der Waals surface area contributed by atoms with Gasteiger partial charge in [-0.25, -0.2) is 12.7 Å². The number of sulfonamides is 1. The van der Waals surface area contributed by atoms with Crippen molar-refractivity contribution in [3.63, 3.8) is 0 Å². The predicted molar refractivity (Wildman–Crippen MR) is 74.3 cm³/mol. The van der Waals surface area contributed by atoms with E-state index in [0.717, 1.165) is 13.0 Å². The monoisotopic (exact) mass is 289 g/mol. The maximum Gasteiger partial charge on any atom is 0.244 e. The largest absolute Gasteiger partial charge is 0.390 e. The molecule has 110 valence electrons. The third kappa shape index (κ3) is 4.04. The van der Waals surface area contributed by atoms with Crippen molar-refractivity contribution in [2.45, 2.75) is 17.9 Å². The molecular formula is C12H23N3O3S. The second-order valence-electron chi connectivity index (χ2n) is 4.92. The summed E-state index contributed by atoms with van der Waals surface area (Å²) in [7, 11) is 3.75. The minimum Gasteiger partial charge on any atom is -0.390 e. The normalized spacial score (nSPS) is 12.6. The highest BCUT2D eigenvalue weighted by molar-refractivity contribution is 7.89. The molecule has 1 N–H and O–H groups in total. The molecule has 0 unspecified atom stereocenters. The minimum atomic E-state index is -3.47. The van der Waals surface area contributed by atoms with Crippen molar-refractivity contribution in [2.24, 2.45) is 7.05 Å². The average Bonchev–Trinajstić information content (AvgIpc) is 2.70. The Morgan fingerprint density at radius 1 is 1.26 bits per heavy atom. The van der Waals surface area contributed by atoms with Crippen molar-refractivity contribution >= 4 is 10.0 Å². The van der Waals surface area contributed by atoms with Crippen LogP contribution in [0.4, 0.5) is 0 Å². The van der Waals surface area contributed by atoms with Gasteiger partial charge >= 0.3 is 0 Å². The van der Waals surface area contributed by atoms with Gasteiger partial charge in [0.1, 0.15) is 4.90 Å². The Kier molecular flexibility index (Phi) is 5.54. The first-order valence-corrected chi connectivity index (χ1v) is 7.60. The number of aliphatic hydroxyl groups is 1. The van der Waals surface area contributed by atoms with E-state index in [1.165, 1.54) is 16.6 Å². The van der Waals surface area contributed by atoms with Gasteiger partial charge in [-0.3, -0.25) is 0 Å². The van der Waals surface area contributed by atoms with Gasteiger partial charge in [0, 0.05) is 32.5 Å². The molecular weight excluding hydrogens is 266 g/mol. The van der Waals surface area contributed by atoms with Gasteiger partial charge < -0.3 is 14.6 Å². The smallest absolute Gasteiger partial charge is 0.244 e. The Morgan fingerprint density at radius 3 is 2.37 bits per heavy atom. The lowest BCUT2D eigenvalue weighted by Gasteiger charge is -2.17. The lowest BCUT2D eigenvalue weighted by atomic mass is 10.4. The molecule has 0 spiro atoms. The molecule has 1 aromatic heterocycles. The fraction of sp³-hybridized carbons (Fsp3) is 0.667. The van der Waals surface area contributed by atoms with Crippen LogP contribution in [0.2, 0.25) is 0 Å². The molecule has 0 bridgehead atoms. The first-order valence-electron chi connectivity index (χ1n) is 6.16. The van der Waals surface area contributed by atoms with Gasteiger partial charge in [0.25, 0.3) is 0 Å². The summed E-state index contributed by atoms with van der Waals surface area (Å²) >= 11 is 0. The highest BCUT2D eigenvalue weighted by Crippen LogP contribution is 2.17. The van der Waals surface area contributed by atoms with Crippen LogP contribution in [0, 0.1) is 0 Å². The molecule has 0 radical (unpaired) electrons. The van der Waals surface area contributed by atoms with E-state index >= 15 is 0 Å². The van der Waals surface area contributed by atoms with E-state index in [2.05, 4.69) is 0 Å². The van der Waals surface area contributed by atoms with Crippen LogP contribution in [0.5, 0.6) is 0 Å². The molecule has 0 atom stereocenters. The molecule has 1 heterocycles. The Balaban J connectivity index is 2.78. The summed E-state index contributed by atoms with van der Waals surface area (Å²) in [6.07, 6.45) is 2.31. The molecule has 0 saturated carbocycles. The molecule has 0 aliphatic heterocycles. The van der Waals surface area contributed by atoms with Crippen molar-refractivity contribution < 1.29 is 13.5 Å². The van der Waals surface area contributed by atoms with Crippen molar-refractivity contribution in [1.82, 2.24) is 13.8 Å². The number of aromatic nitrogens is 1. The fourth-order valence-corrected chi connectivity index (χ4v) is 3.09. The second-order valence-corrected chi connectivity index (χ2v) is 6.96. The average molecular weight is 289 g/mol. The molecule has 1 rings (SSSR count). The number of hydrogen-bond donors (Lipinski definition) is 1. The summed E-state index contributed by atoms with van der Waals surface area (Å²) in [5, 5.41) is 9.10. The maximum absolute atomic E-state index is 12.3. The highest BCUT2D eigenvalue weighted by Gasteiger charge is 2.22. The van der Waals surface area contributed by atoms with E-state index in [9.17, 15) is 8.42 Å². The molecule has 1 aromatic rings. The summed E-state index contributed by atoms with van der Waals surface area (Å²) in [4.78, 5) is 2.25. The second kappa shape index (κ2) is 6.51. The van der Waals surface area contributed by atoms with Gasteiger partial charge in [-0.2, -0.15) is 0 Å². The van der Waals surface area contributed by atoms with Crippen LogP contribution in [0.1, 0.15) is 12.1 Å². The van der Waals surface area contributed by atoms with Crippen LogP contribution < -0.4 is 0 Å². The van der Waals surface area contributed by atoms with Crippen molar-refractivity contribution in [1.29, 1.82) is 0 Å². The van der Waals surface area contributed by atoms with E-state index in [4.69, 9.17) is 5.11 Å². The van der Waals surface area contributed by atoms with E-state index in [1.807, 2.05) is 19.0 Å². The van der Waals surface area contributed by atoms with E-state index < -0.39 is 10.0 Å². The third-order valence-corrected chi connectivity index (χ3v) is 4.85. The van der Waals surface area contributed by atoms with Crippen LogP contribution in [0.3, 0.4) is 0 Å². The van der Waals surface area contributed by atoms with Crippen LogP contribution in [0.25, 0.3) is 0 Å². The zero-order chi connectivity index (χ0) is 14.6. The van der Waals surface area contributed by atoms with Gasteiger partial charge in [-0.1, -0.05) is 0 Å². The Hall–Kier alpha value is -0.890. The summed E-state index contributed by atoms with van der Waals surface area (Å²) in [6, 6.07) is 1.51. The van der Waals surface area contributed by atoms with Crippen molar-refractivity contribution in [3.8, 4) is 0 Å². The van der Waals surface area contributed by atoms with Crippen molar-refractivity contribution in [2.75, 3.05) is 34.2 Å². The van der Waals surface area contributed by atoms with E-state index in [-0.39, 0.29) is 11.5 Å². The topological polar surface area (TPSA) is 65.8 Å². The van der Waals surface area contributed by atoms with Gasteiger partial charge in [0.05, 0.1) is 6.61 Å². The molecule has 7 heteroatoms. The SMILES string of the molecule is CN(C)CCCN(C)S(=O)(=O)c1cc(CO)n(C)c1. The highest BCUT2D eigenvalue weighted by atomic mass is 32.2. The lowest BCUT2D eigenvalue weighted by molar-refractivity contribution is 0.272. The Labute approximate surface area is 115 Å². The third-order valence-electron chi connectivity index (χ3n) is 3.03. The maximum atomic E-state index is 12.3. The van der Waals surface area contributed by atoms with Gasteiger partial charge in [0.15, 0.2) is 0 Å². The zero-order valence-corrected chi connectivity index (χ0v) is 12.8. The molecule has 0 aliphatic carbocycles. The molecule has 0 aromatic carbocycles. The summed E-state index contributed by atoms with van der Waals surface area (Å²) < 4.78 is 27.6. The van der Waals surface area contributed by atoms with Crippen LogP contribution in [-0.4, -0.2) is 61.5 Å². The first kappa shape index (κ1) is 16.2. The summed E-state index contributed by atoms with van der Waals surface area (Å²) in [5.74, 6) is 0. The molecule has 0 fully saturated rings. The van der Waals surface area contributed by atoms with Crippen LogP contribution in [-0.2, 0) is 23.7 Å². The van der Waals surface area contributed by atoms with Crippen LogP contribution in [0.15, 0.2) is 17.2 Å². The number of hydrogen-bond acceptors (Lipinski definition) is 4. The lowest BCUT2D eigenvalue weighted by Crippen LogP contribution is -2.29. The molecule has 0 amide bonds. The summed E-state index contributed by atoms with van der Waals surface area (Å²) in [5.41, 5.74) is 0.584. The molecule has 6 nitrogen and oxygen atoms in total. The first-order chi connectivity index (χ1) is 8.78. The molecule has 19 heavy (non-hydrogen) atoms. The zero-order valence-electron chi connectivity index (χ0n) is 12.0. The summed E-state index contributed by atoms with van der Waals surface area (Å²) in [6.45, 7) is 1.15. The Bertz CT molecular complexity index is 508. The van der Waals surface area contributed by atoms with Crippen molar-refractivity contribution in [3.05, 3.63) is 18.0 Å². The van der Waals surface area contributed by atoms with Gasteiger partial charge in [0.2, 0.25) is 10.0 Å². The van der Waals surface area contributed by atoms with E-state index in [1.54, 1.807) is 18.7 Å². The Morgan fingerprint density at radius 2 is 1.89 bits per heavy atom. The van der Waals surface area contributed by atoms with E-state index in [0.29, 0.717) is 12.2 Å². The van der Waals surface area contributed by atoms with Crippen LogP contribution >= 0.6 is 0 Å². The molecule has 0 saturated heterocycles. The molecule has 0 aliphatic rings. The van der Waals surface area contributed by atoms with Gasteiger partial charge in [-0.15, -0.1) is 0 Å². The van der Waals surface area contributed by atoms with Gasteiger partial charge in [-0.05, 0) is 33.1 Å². The number of aliphatic hydroxyl groups excluding tert-OH is 1. The number of aryl methyl sites for hydroxylation is 1. The fourth-order valence-electron chi connectivity index (χ4n) is 1.79. The standard InChI is InChI=1S/C12H23N3O3S/c1-13(2)6-5-7-15(4)19(17,18)12-8-11(10-16)14(3)9-12/h8-9,16H,5-7,10H2,1-4H3. The number of nitrogens with zero attached hydrogens (tertiary/aromatic N) is 3. The predicted octanol–water partition coefficient (Wildman–Crippen LogP) is 0.0896. The number of rotatable bonds is 7. The minimum absolute atomic E-state index is 0.170. The quantitative estimate of drug-likeness (QED) is 0.772.